The molecular weight excluding hydrogens is 528 g/mol. The molecule has 1 aliphatic heterocycles. The first kappa shape index (κ1) is 29.8. The minimum atomic E-state index is -0.735. The summed E-state index contributed by atoms with van der Waals surface area (Å²) in [6.07, 6.45) is 6.06. The van der Waals surface area contributed by atoms with Crippen LogP contribution >= 0.6 is 0 Å². The Labute approximate surface area is 238 Å². The number of carbonyl (C=O) groups excluding carboxylic acids is 2. The summed E-state index contributed by atoms with van der Waals surface area (Å²) >= 11 is 0. The molecule has 2 aromatic heterocycles. The molecule has 4 rings (SSSR count). The number of hydrogen-bond acceptors (Lipinski definition) is 7. The molecule has 0 saturated carbocycles. The van der Waals surface area contributed by atoms with Crippen molar-refractivity contribution in [3.63, 3.8) is 0 Å². The number of methoxy groups -OCH3 is 1. The van der Waals surface area contributed by atoms with Crippen molar-refractivity contribution < 1.29 is 23.1 Å². The second-order valence-corrected chi connectivity index (χ2v) is 10.3. The normalized spacial score (nSPS) is 19.4. The number of nitrogens with zero attached hydrogens (tertiary/aromatic N) is 3. The summed E-state index contributed by atoms with van der Waals surface area (Å²) in [7, 11) is 1.38. The Hall–Kier alpha value is -4.18. The Morgan fingerprint density at radius 1 is 1.22 bits per heavy atom. The number of rotatable bonds is 9. The van der Waals surface area contributed by atoms with E-state index >= 15 is 0 Å². The molecule has 1 aliphatic rings. The molecule has 0 aliphatic carbocycles. The number of anilines is 2. The van der Waals surface area contributed by atoms with Crippen molar-refractivity contribution in [1.82, 2.24) is 9.97 Å². The number of nitrogens with two attached hydrogens (primary N) is 1. The van der Waals surface area contributed by atoms with Gasteiger partial charge in [0.15, 0.2) is 0 Å². The van der Waals surface area contributed by atoms with Crippen molar-refractivity contribution in [2.24, 2.45) is 23.5 Å². The van der Waals surface area contributed by atoms with E-state index in [0.29, 0.717) is 30.0 Å². The van der Waals surface area contributed by atoms with Gasteiger partial charge in [-0.05, 0) is 54.5 Å². The topological polar surface area (TPSA) is 110 Å². The van der Waals surface area contributed by atoms with Crippen molar-refractivity contribution >= 4 is 23.3 Å². The molecular formula is C31H35F2N5O3. The van der Waals surface area contributed by atoms with Gasteiger partial charge in [0.2, 0.25) is 0 Å². The lowest BCUT2D eigenvalue weighted by atomic mass is 9.71. The summed E-state index contributed by atoms with van der Waals surface area (Å²) in [5.41, 5.74) is 8.00. The fourth-order valence-corrected chi connectivity index (χ4v) is 5.74. The molecule has 3 N–H and O–H groups in total. The average molecular weight is 564 g/mol. The Balaban J connectivity index is 1.58. The second-order valence-electron chi connectivity index (χ2n) is 10.3. The fourth-order valence-electron chi connectivity index (χ4n) is 5.74. The van der Waals surface area contributed by atoms with E-state index in [1.54, 1.807) is 25.3 Å². The molecule has 41 heavy (non-hydrogen) atoms. The zero-order valence-corrected chi connectivity index (χ0v) is 23.4. The number of piperidine rings is 1. The van der Waals surface area contributed by atoms with E-state index in [-0.39, 0.29) is 53.1 Å². The molecule has 1 amide bonds. The number of benzene rings is 1. The van der Waals surface area contributed by atoms with E-state index in [2.05, 4.69) is 26.8 Å². The van der Waals surface area contributed by atoms with Gasteiger partial charge in [0, 0.05) is 37.3 Å². The molecule has 3 aromatic rings. The van der Waals surface area contributed by atoms with Crippen LogP contribution in [0.25, 0.3) is 11.3 Å². The third-order valence-electron chi connectivity index (χ3n) is 7.80. The van der Waals surface area contributed by atoms with E-state index < -0.39 is 17.5 Å². The minimum absolute atomic E-state index is 0.00613. The van der Waals surface area contributed by atoms with Crippen molar-refractivity contribution in [2.45, 2.75) is 32.7 Å². The molecule has 3 heterocycles. The van der Waals surface area contributed by atoms with Crippen LogP contribution in [0.15, 0.2) is 61.4 Å². The molecule has 0 spiro atoms. The quantitative estimate of drug-likeness (QED) is 0.274. The Bertz CT molecular complexity index is 1410. The standard InChI is InChI=1S/C31H35F2N5O3/c1-5-19(14-27(39)41-4)29-20(6-2)16-38(17-23(29)34)26-12-13-35-15-25(26)37-31(40)24-11-10-22(33)30(36-24)28-18(3)8-7-9-21(28)32/h6-13,15,19-20,23,29H,2,5,14,16-17,34H2,1,3-4H3,(H,37,40)/t19?,20-,23+,29?/m0/s1. The summed E-state index contributed by atoms with van der Waals surface area (Å²) in [4.78, 5) is 35.7. The number of aryl methyl sites for hydroxylation is 1. The zero-order chi connectivity index (χ0) is 29.7. The number of hydrogen-bond donors (Lipinski definition) is 2. The van der Waals surface area contributed by atoms with Crippen LogP contribution < -0.4 is 16.0 Å². The van der Waals surface area contributed by atoms with Crippen LogP contribution in [0.5, 0.6) is 0 Å². The summed E-state index contributed by atoms with van der Waals surface area (Å²) < 4.78 is 34.2. The highest BCUT2D eigenvalue weighted by molar-refractivity contribution is 6.04. The molecule has 10 heteroatoms. The predicted octanol–water partition coefficient (Wildman–Crippen LogP) is 5.14. The third-order valence-corrected chi connectivity index (χ3v) is 7.80. The van der Waals surface area contributed by atoms with Crippen LogP contribution in [0.1, 0.15) is 35.8 Å². The van der Waals surface area contributed by atoms with Crippen LogP contribution in [-0.2, 0) is 9.53 Å². The Morgan fingerprint density at radius 2 is 2.00 bits per heavy atom. The minimum Gasteiger partial charge on any atom is -0.469 e. The highest BCUT2D eigenvalue weighted by Gasteiger charge is 2.39. The number of nitrogens with one attached hydrogen (secondary N) is 1. The summed E-state index contributed by atoms with van der Waals surface area (Å²) in [6.45, 7) is 8.76. The molecule has 0 radical (unpaired) electrons. The second kappa shape index (κ2) is 13.0. The molecule has 1 fully saturated rings. The predicted molar refractivity (Wildman–Crippen MR) is 154 cm³/mol. The van der Waals surface area contributed by atoms with Gasteiger partial charge < -0.3 is 20.7 Å². The lowest BCUT2D eigenvalue weighted by molar-refractivity contribution is -0.142. The number of aromatic nitrogens is 2. The maximum atomic E-state index is 14.7. The Kier molecular flexibility index (Phi) is 9.44. The monoisotopic (exact) mass is 563 g/mol. The number of ether oxygens (including phenoxy) is 1. The van der Waals surface area contributed by atoms with Crippen molar-refractivity contribution in [1.29, 1.82) is 0 Å². The molecule has 1 aromatic carbocycles. The number of pyridine rings is 2. The summed E-state index contributed by atoms with van der Waals surface area (Å²) in [6, 6.07) is 8.26. The smallest absolute Gasteiger partial charge is 0.305 e. The van der Waals surface area contributed by atoms with Crippen molar-refractivity contribution in [2.75, 3.05) is 30.4 Å². The van der Waals surface area contributed by atoms with Gasteiger partial charge in [-0.1, -0.05) is 31.6 Å². The Morgan fingerprint density at radius 3 is 2.68 bits per heavy atom. The zero-order valence-electron chi connectivity index (χ0n) is 23.4. The number of carbonyl (C=O) groups is 2. The maximum Gasteiger partial charge on any atom is 0.305 e. The van der Waals surface area contributed by atoms with E-state index in [1.807, 2.05) is 13.0 Å². The van der Waals surface area contributed by atoms with E-state index in [1.165, 1.54) is 31.5 Å². The van der Waals surface area contributed by atoms with Gasteiger partial charge in [0.05, 0.1) is 24.7 Å². The van der Waals surface area contributed by atoms with Crippen LogP contribution in [-0.4, -0.2) is 48.1 Å². The summed E-state index contributed by atoms with van der Waals surface area (Å²) in [5.74, 6) is -2.18. The maximum absolute atomic E-state index is 14.7. The number of amides is 1. The largest absolute Gasteiger partial charge is 0.469 e. The first-order valence-corrected chi connectivity index (χ1v) is 13.6. The summed E-state index contributed by atoms with van der Waals surface area (Å²) in [5, 5.41) is 2.83. The van der Waals surface area contributed by atoms with Crippen LogP contribution in [0.2, 0.25) is 0 Å². The third kappa shape index (κ3) is 6.43. The molecule has 4 atom stereocenters. The molecule has 1 saturated heterocycles. The van der Waals surface area contributed by atoms with Gasteiger partial charge in [-0.3, -0.25) is 14.6 Å². The van der Waals surface area contributed by atoms with Crippen molar-refractivity contribution in [3.8, 4) is 11.3 Å². The van der Waals surface area contributed by atoms with Gasteiger partial charge in [0.25, 0.3) is 5.91 Å². The lowest BCUT2D eigenvalue weighted by Gasteiger charge is -2.45. The molecule has 8 nitrogen and oxygen atoms in total. The molecule has 2 unspecified atom stereocenters. The van der Waals surface area contributed by atoms with E-state index in [4.69, 9.17) is 10.5 Å². The van der Waals surface area contributed by atoms with Gasteiger partial charge in [-0.25, -0.2) is 13.8 Å². The fraction of sp³-hybridized carbons (Fsp3) is 0.355. The van der Waals surface area contributed by atoms with Crippen molar-refractivity contribution in [3.05, 3.63) is 84.3 Å². The van der Waals surface area contributed by atoms with Gasteiger partial charge in [0.1, 0.15) is 23.0 Å². The van der Waals surface area contributed by atoms with Crippen LogP contribution in [0.4, 0.5) is 20.2 Å². The number of esters is 1. The van der Waals surface area contributed by atoms with Gasteiger partial charge >= 0.3 is 5.97 Å². The van der Waals surface area contributed by atoms with Gasteiger partial charge in [-0.2, -0.15) is 0 Å². The first-order valence-electron chi connectivity index (χ1n) is 13.6. The average Bonchev–Trinajstić information content (AvgIpc) is 2.96. The van der Waals surface area contributed by atoms with E-state index in [9.17, 15) is 18.4 Å². The highest BCUT2D eigenvalue weighted by atomic mass is 19.1. The lowest BCUT2D eigenvalue weighted by Crippen LogP contribution is -2.55. The van der Waals surface area contributed by atoms with E-state index in [0.717, 1.165) is 12.5 Å². The number of halogens is 2. The molecule has 216 valence electrons. The van der Waals surface area contributed by atoms with Crippen LogP contribution in [0.3, 0.4) is 0 Å². The highest BCUT2D eigenvalue weighted by Crippen LogP contribution is 2.38. The molecule has 0 bridgehead atoms. The first-order chi connectivity index (χ1) is 19.7. The van der Waals surface area contributed by atoms with Crippen LogP contribution in [0, 0.1) is 36.3 Å². The van der Waals surface area contributed by atoms with Gasteiger partial charge in [-0.15, -0.1) is 6.58 Å². The SMILES string of the molecule is C=C[C@H]1CN(c2ccncc2NC(=O)c2ccc(F)c(-c3c(C)cccc3F)n2)C[C@@H](N)C1C(CC)CC(=O)OC.